The van der Waals surface area contributed by atoms with E-state index in [0.717, 1.165) is 12.2 Å². The van der Waals surface area contributed by atoms with Crippen molar-refractivity contribution in [1.29, 1.82) is 0 Å². The molecular formula is C7H10N2O2S. The molecule has 0 fully saturated rings. The van der Waals surface area contributed by atoms with Crippen LogP contribution in [0.1, 0.15) is 16.1 Å². The van der Waals surface area contributed by atoms with Crippen molar-refractivity contribution in [3.63, 3.8) is 0 Å². The van der Waals surface area contributed by atoms with Crippen molar-refractivity contribution in [2.45, 2.75) is 6.42 Å². The van der Waals surface area contributed by atoms with Gasteiger partial charge in [-0.1, -0.05) is 0 Å². The van der Waals surface area contributed by atoms with Gasteiger partial charge in [-0.3, -0.25) is 5.10 Å². The van der Waals surface area contributed by atoms with E-state index in [4.69, 9.17) is 5.11 Å². The number of carboxylic acid groups (broad SMARTS) is 1. The molecule has 1 heterocycles. The summed E-state index contributed by atoms with van der Waals surface area (Å²) in [5, 5.41) is 15.0. The lowest BCUT2D eigenvalue weighted by atomic mass is 10.2. The first-order chi connectivity index (χ1) is 5.75. The Hall–Kier alpha value is -0.970. The average Bonchev–Trinajstić information content (AvgIpc) is 2.48. The monoisotopic (exact) mass is 186 g/mol. The van der Waals surface area contributed by atoms with Crippen molar-refractivity contribution in [2.24, 2.45) is 0 Å². The maximum atomic E-state index is 10.6. The lowest BCUT2D eigenvalue weighted by Crippen LogP contribution is -2.00. The highest BCUT2D eigenvalue weighted by atomic mass is 32.2. The number of carbonyl (C=O) groups is 1. The van der Waals surface area contributed by atoms with E-state index in [1.54, 1.807) is 11.8 Å². The summed E-state index contributed by atoms with van der Waals surface area (Å²) in [7, 11) is 0. The second-order valence-electron chi connectivity index (χ2n) is 2.31. The van der Waals surface area contributed by atoms with Crippen molar-refractivity contribution >= 4 is 17.7 Å². The van der Waals surface area contributed by atoms with Gasteiger partial charge >= 0.3 is 5.97 Å². The highest BCUT2D eigenvalue weighted by molar-refractivity contribution is 7.98. The maximum Gasteiger partial charge on any atom is 0.339 e. The molecule has 66 valence electrons. The van der Waals surface area contributed by atoms with Gasteiger partial charge < -0.3 is 5.11 Å². The van der Waals surface area contributed by atoms with Crippen LogP contribution in [0.4, 0.5) is 0 Å². The SMILES string of the molecule is CSCCc1[nH]ncc1C(=O)O. The van der Waals surface area contributed by atoms with Gasteiger partial charge in [0.15, 0.2) is 0 Å². The molecule has 0 spiro atoms. The lowest BCUT2D eigenvalue weighted by Gasteiger charge is -1.96. The molecule has 0 aliphatic carbocycles. The summed E-state index contributed by atoms with van der Waals surface area (Å²) in [6.07, 6.45) is 4.05. The smallest absolute Gasteiger partial charge is 0.339 e. The Kier molecular flexibility index (Phi) is 3.16. The Labute approximate surface area is 74.4 Å². The predicted octanol–water partition coefficient (Wildman–Crippen LogP) is 1.01. The average molecular weight is 186 g/mol. The Morgan fingerprint density at radius 1 is 1.83 bits per heavy atom. The van der Waals surface area contributed by atoms with E-state index in [0.29, 0.717) is 5.69 Å². The summed E-state index contributed by atoms with van der Waals surface area (Å²) in [5.41, 5.74) is 0.987. The summed E-state index contributed by atoms with van der Waals surface area (Å²) in [6.45, 7) is 0. The molecule has 2 N–H and O–H groups in total. The van der Waals surface area contributed by atoms with E-state index in [-0.39, 0.29) is 5.56 Å². The molecule has 0 saturated carbocycles. The molecule has 0 aliphatic rings. The third-order valence-electron chi connectivity index (χ3n) is 1.50. The van der Waals surface area contributed by atoms with Gasteiger partial charge in [-0.2, -0.15) is 16.9 Å². The van der Waals surface area contributed by atoms with Crippen molar-refractivity contribution in [2.75, 3.05) is 12.0 Å². The molecule has 12 heavy (non-hydrogen) atoms. The van der Waals surface area contributed by atoms with E-state index >= 15 is 0 Å². The number of nitrogens with zero attached hydrogens (tertiary/aromatic N) is 1. The van der Waals surface area contributed by atoms with Crippen molar-refractivity contribution in [3.8, 4) is 0 Å². The molecule has 1 rings (SSSR count). The van der Waals surface area contributed by atoms with Crippen LogP contribution < -0.4 is 0 Å². The minimum absolute atomic E-state index is 0.282. The van der Waals surface area contributed by atoms with Gasteiger partial charge in [-0.05, 0) is 18.4 Å². The first kappa shape index (κ1) is 9.12. The zero-order chi connectivity index (χ0) is 8.97. The fraction of sp³-hybridized carbons (Fsp3) is 0.429. The first-order valence-electron chi connectivity index (χ1n) is 3.50. The van der Waals surface area contributed by atoms with Crippen molar-refractivity contribution in [1.82, 2.24) is 10.2 Å². The Balaban J connectivity index is 2.70. The van der Waals surface area contributed by atoms with E-state index in [2.05, 4.69) is 10.2 Å². The second kappa shape index (κ2) is 4.15. The molecule has 1 aromatic rings. The summed E-state index contributed by atoms with van der Waals surface area (Å²) in [4.78, 5) is 10.6. The zero-order valence-corrected chi connectivity index (χ0v) is 7.52. The van der Waals surface area contributed by atoms with Gasteiger partial charge in [0.25, 0.3) is 0 Å². The van der Waals surface area contributed by atoms with E-state index in [1.165, 1.54) is 6.20 Å². The number of hydrogen-bond acceptors (Lipinski definition) is 3. The number of hydrogen-bond donors (Lipinski definition) is 2. The van der Waals surface area contributed by atoms with Gasteiger partial charge in [-0.25, -0.2) is 4.79 Å². The molecule has 0 radical (unpaired) electrons. The van der Waals surface area contributed by atoms with Crippen LogP contribution in [0.15, 0.2) is 6.20 Å². The predicted molar refractivity (Wildman–Crippen MR) is 47.6 cm³/mol. The third kappa shape index (κ3) is 2.01. The number of aromatic amines is 1. The Morgan fingerprint density at radius 3 is 3.17 bits per heavy atom. The number of aryl methyl sites for hydroxylation is 1. The topological polar surface area (TPSA) is 66.0 Å². The van der Waals surface area contributed by atoms with Crippen LogP contribution in [0.5, 0.6) is 0 Å². The molecular weight excluding hydrogens is 176 g/mol. The fourth-order valence-electron chi connectivity index (χ4n) is 0.892. The number of aromatic carboxylic acids is 1. The Bertz CT molecular complexity index is 272. The number of nitrogens with one attached hydrogen (secondary N) is 1. The molecule has 0 bridgehead atoms. The standard InChI is InChI=1S/C7H10N2O2S/c1-12-3-2-6-5(7(10)11)4-8-9-6/h4H,2-3H2,1H3,(H,8,9)(H,10,11). The van der Waals surface area contributed by atoms with Crippen molar-refractivity contribution in [3.05, 3.63) is 17.5 Å². The minimum atomic E-state index is -0.917. The molecule has 0 atom stereocenters. The van der Waals surface area contributed by atoms with Crippen LogP contribution >= 0.6 is 11.8 Å². The summed E-state index contributed by atoms with van der Waals surface area (Å²) in [6, 6.07) is 0. The van der Waals surface area contributed by atoms with Gasteiger partial charge in [0.2, 0.25) is 0 Å². The maximum absolute atomic E-state index is 10.6. The molecule has 0 saturated heterocycles. The first-order valence-corrected chi connectivity index (χ1v) is 4.89. The molecule has 1 aromatic heterocycles. The van der Waals surface area contributed by atoms with Gasteiger partial charge in [0.05, 0.1) is 11.9 Å². The van der Waals surface area contributed by atoms with E-state index < -0.39 is 5.97 Å². The van der Waals surface area contributed by atoms with Crippen LogP contribution in [-0.4, -0.2) is 33.3 Å². The highest BCUT2D eigenvalue weighted by Crippen LogP contribution is 2.07. The second-order valence-corrected chi connectivity index (χ2v) is 3.30. The molecule has 0 aromatic carbocycles. The summed E-state index contributed by atoms with van der Waals surface area (Å²) >= 11 is 1.68. The van der Waals surface area contributed by atoms with E-state index in [1.807, 2.05) is 6.26 Å². The van der Waals surface area contributed by atoms with Gasteiger partial charge in [0, 0.05) is 0 Å². The minimum Gasteiger partial charge on any atom is -0.478 e. The summed E-state index contributed by atoms with van der Waals surface area (Å²) < 4.78 is 0. The normalized spacial score (nSPS) is 10.1. The lowest BCUT2D eigenvalue weighted by molar-refractivity contribution is 0.0696. The van der Waals surface area contributed by atoms with Crippen molar-refractivity contribution < 1.29 is 9.90 Å². The zero-order valence-electron chi connectivity index (χ0n) is 6.70. The number of thioether (sulfide) groups is 1. The molecule has 0 unspecified atom stereocenters. The molecule has 4 nitrogen and oxygen atoms in total. The largest absolute Gasteiger partial charge is 0.478 e. The fourth-order valence-corrected chi connectivity index (χ4v) is 1.30. The highest BCUT2D eigenvalue weighted by Gasteiger charge is 2.10. The third-order valence-corrected chi connectivity index (χ3v) is 2.12. The van der Waals surface area contributed by atoms with Crippen LogP contribution in [-0.2, 0) is 6.42 Å². The Morgan fingerprint density at radius 2 is 2.58 bits per heavy atom. The number of carboxylic acids is 1. The number of aromatic nitrogens is 2. The molecule has 0 amide bonds. The number of H-pyrrole nitrogens is 1. The van der Waals surface area contributed by atoms with Gasteiger partial charge in [0.1, 0.15) is 5.56 Å². The van der Waals surface area contributed by atoms with E-state index in [9.17, 15) is 4.79 Å². The van der Waals surface area contributed by atoms with Crippen LogP contribution in [0.3, 0.4) is 0 Å². The van der Waals surface area contributed by atoms with Crippen LogP contribution in [0.2, 0.25) is 0 Å². The van der Waals surface area contributed by atoms with Crippen LogP contribution in [0.25, 0.3) is 0 Å². The molecule has 0 aliphatic heterocycles. The molecule has 5 heteroatoms. The summed E-state index contributed by atoms with van der Waals surface area (Å²) in [5.74, 6) is -0.0116. The quantitative estimate of drug-likeness (QED) is 0.736. The number of rotatable bonds is 4. The van der Waals surface area contributed by atoms with Gasteiger partial charge in [-0.15, -0.1) is 0 Å². The van der Waals surface area contributed by atoms with Crippen LogP contribution in [0, 0.1) is 0 Å².